The van der Waals surface area contributed by atoms with E-state index in [4.69, 9.17) is 0 Å². The molecule has 2 heteroatoms. The normalized spacial score (nSPS) is 13.9. The van der Waals surface area contributed by atoms with E-state index in [0.29, 0.717) is 0 Å². The van der Waals surface area contributed by atoms with Gasteiger partial charge in [-0.25, -0.2) is 0 Å². The van der Waals surface area contributed by atoms with Crippen molar-refractivity contribution in [2.75, 3.05) is 4.90 Å². The standard InChI is InChI=1S/C21H15NO/c23-21-19(16-10-4-1-5-11-16)20(17-12-6-2-7-13-17)22(21)18-14-8-3-9-15-18/h1-15H. The van der Waals surface area contributed by atoms with Gasteiger partial charge in [0.2, 0.25) is 0 Å². The van der Waals surface area contributed by atoms with Crippen molar-refractivity contribution < 1.29 is 4.79 Å². The summed E-state index contributed by atoms with van der Waals surface area (Å²) < 4.78 is 0. The van der Waals surface area contributed by atoms with Crippen LogP contribution in [0.5, 0.6) is 0 Å². The molecule has 0 spiro atoms. The Morgan fingerprint density at radius 1 is 0.565 bits per heavy atom. The van der Waals surface area contributed by atoms with E-state index in [2.05, 4.69) is 0 Å². The molecule has 110 valence electrons. The molecule has 23 heavy (non-hydrogen) atoms. The Morgan fingerprint density at radius 3 is 1.61 bits per heavy atom. The fourth-order valence-electron chi connectivity index (χ4n) is 2.93. The Balaban J connectivity index is 1.91. The van der Waals surface area contributed by atoms with Gasteiger partial charge in [0.15, 0.2) is 0 Å². The fourth-order valence-corrected chi connectivity index (χ4v) is 2.93. The van der Waals surface area contributed by atoms with E-state index in [0.717, 1.165) is 28.1 Å². The van der Waals surface area contributed by atoms with Gasteiger partial charge in [0.05, 0.1) is 11.3 Å². The van der Waals surface area contributed by atoms with Crippen LogP contribution < -0.4 is 4.90 Å². The van der Waals surface area contributed by atoms with Crippen LogP contribution in [0.15, 0.2) is 91.0 Å². The van der Waals surface area contributed by atoms with Crippen molar-refractivity contribution >= 4 is 22.9 Å². The summed E-state index contributed by atoms with van der Waals surface area (Å²) in [5, 5.41) is 0. The molecule has 4 rings (SSSR count). The summed E-state index contributed by atoms with van der Waals surface area (Å²) in [6, 6.07) is 29.7. The minimum atomic E-state index is 0.0428. The third-order valence-corrected chi connectivity index (χ3v) is 4.00. The highest BCUT2D eigenvalue weighted by molar-refractivity contribution is 6.45. The van der Waals surface area contributed by atoms with Gasteiger partial charge in [0, 0.05) is 5.69 Å². The molecule has 0 saturated heterocycles. The average molecular weight is 297 g/mol. The highest BCUT2D eigenvalue weighted by Gasteiger charge is 2.38. The highest BCUT2D eigenvalue weighted by atomic mass is 16.2. The molecule has 0 bridgehead atoms. The van der Waals surface area contributed by atoms with Gasteiger partial charge in [0.1, 0.15) is 0 Å². The van der Waals surface area contributed by atoms with Crippen LogP contribution in [0.3, 0.4) is 0 Å². The summed E-state index contributed by atoms with van der Waals surface area (Å²) >= 11 is 0. The lowest BCUT2D eigenvalue weighted by molar-refractivity contribution is -0.113. The topological polar surface area (TPSA) is 20.3 Å². The first kappa shape index (κ1) is 13.5. The number of anilines is 1. The van der Waals surface area contributed by atoms with Crippen molar-refractivity contribution in [3.05, 3.63) is 102 Å². The maximum absolute atomic E-state index is 12.8. The number of hydrogen-bond acceptors (Lipinski definition) is 1. The van der Waals surface area contributed by atoms with Crippen LogP contribution in [0.2, 0.25) is 0 Å². The number of carbonyl (C=O) groups excluding carboxylic acids is 1. The summed E-state index contributed by atoms with van der Waals surface area (Å²) in [7, 11) is 0. The van der Waals surface area contributed by atoms with E-state index in [-0.39, 0.29) is 5.91 Å². The minimum Gasteiger partial charge on any atom is -0.275 e. The minimum absolute atomic E-state index is 0.0428. The quantitative estimate of drug-likeness (QED) is 0.691. The number of benzene rings is 3. The second-order valence-corrected chi connectivity index (χ2v) is 5.43. The first-order valence-corrected chi connectivity index (χ1v) is 7.61. The van der Waals surface area contributed by atoms with Gasteiger partial charge in [-0.2, -0.15) is 0 Å². The predicted molar refractivity (Wildman–Crippen MR) is 93.6 cm³/mol. The molecule has 0 radical (unpaired) electrons. The summed E-state index contributed by atoms with van der Waals surface area (Å²) in [5.74, 6) is 0.0428. The number of carbonyl (C=O) groups is 1. The van der Waals surface area contributed by atoms with E-state index in [1.54, 1.807) is 4.90 Å². The summed E-state index contributed by atoms with van der Waals surface area (Å²) in [4.78, 5) is 14.6. The van der Waals surface area contributed by atoms with Gasteiger partial charge in [-0.3, -0.25) is 9.69 Å². The van der Waals surface area contributed by atoms with Gasteiger partial charge in [-0.15, -0.1) is 0 Å². The number of rotatable bonds is 3. The molecule has 1 aliphatic rings. The molecular weight excluding hydrogens is 282 g/mol. The summed E-state index contributed by atoms with van der Waals surface area (Å²) in [5.41, 5.74) is 4.66. The smallest absolute Gasteiger partial charge is 0.265 e. The van der Waals surface area contributed by atoms with E-state index >= 15 is 0 Å². The predicted octanol–water partition coefficient (Wildman–Crippen LogP) is 4.60. The highest BCUT2D eigenvalue weighted by Crippen LogP contribution is 2.42. The molecule has 0 N–H and O–H groups in total. The molecular formula is C21H15NO. The lowest BCUT2D eigenvalue weighted by Crippen LogP contribution is -2.40. The maximum Gasteiger partial charge on any atom is 0.265 e. The monoisotopic (exact) mass is 297 g/mol. The Hall–Kier alpha value is -3.13. The van der Waals surface area contributed by atoms with Crippen LogP contribution in [0.1, 0.15) is 11.1 Å². The van der Waals surface area contributed by atoms with Crippen LogP contribution >= 0.6 is 0 Å². The Morgan fingerprint density at radius 2 is 1.04 bits per heavy atom. The van der Waals surface area contributed by atoms with Crippen molar-refractivity contribution in [1.29, 1.82) is 0 Å². The van der Waals surface area contributed by atoms with E-state index in [9.17, 15) is 4.79 Å². The third-order valence-electron chi connectivity index (χ3n) is 4.00. The molecule has 1 aliphatic heterocycles. The molecule has 0 atom stereocenters. The first-order valence-electron chi connectivity index (χ1n) is 7.61. The van der Waals surface area contributed by atoms with Gasteiger partial charge in [-0.1, -0.05) is 78.9 Å². The van der Waals surface area contributed by atoms with Crippen LogP contribution in [0.25, 0.3) is 11.3 Å². The van der Waals surface area contributed by atoms with E-state index in [1.807, 2.05) is 91.0 Å². The van der Waals surface area contributed by atoms with Gasteiger partial charge < -0.3 is 0 Å². The van der Waals surface area contributed by atoms with Gasteiger partial charge in [-0.05, 0) is 23.3 Å². The lowest BCUT2D eigenvalue weighted by atomic mass is 9.90. The molecule has 0 aliphatic carbocycles. The largest absolute Gasteiger partial charge is 0.275 e. The molecule has 1 heterocycles. The Kier molecular flexibility index (Phi) is 3.28. The van der Waals surface area contributed by atoms with Crippen molar-refractivity contribution in [3.8, 4) is 0 Å². The molecule has 0 unspecified atom stereocenters. The molecule has 0 fully saturated rings. The van der Waals surface area contributed by atoms with Gasteiger partial charge >= 0.3 is 0 Å². The van der Waals surface area contributed by atoms with Crippen molar-refractivity contribution in [1.82, 2.24) is 0 Å². The fraction of sp³-hybridized carbons (Fsp3) is 0. The second kappa shape index (κ2) is 5.58. The van der Waals surface area contributed by atoms with Crippen molar-refractivity contribution in [2.45, 2.75) is 0 Å². The van der Waals surface area contributed by atoms with Crippen LogP contribution in [-0.4, -0.2) is 5.91 Å². The van der Waals surface area contributed by atoms with E-state index < -0.39 is 0 Å². The van der Waals surface area contributed by atoms with Crippen LogP contribution in [0, 0.1) is 0 Å². The van der Waals surface area contributed by atoms with Gasteiger partial charge in [0.25, 0.3) is 5.91 Å². The SMILES string of the molecule is O=C1C(c2ccccc2)=C(c2ccccc2)N1c1ccccc1. The lowest BCUT2D eigenvalue weighted by Gasteiger charge is -2.37. The van der Waals surface area contributed by atoms with Crippen LogP contribution in [0.4, 0.5) is 5.69 Å². The second-order valence-electron chi connectivity index (χ2n) is 5.43. The van der Waals surface area contributed by atoms with Crippen LogP contribution in [-0.2, 0) is 4.79 Å². The van der Waals surface area contributed by atoms with Crippen molar-refractivity contribution in [2.24, 2.45) is 0 Å². The Labute approximate surface area is 135 Å². The molecule has 1 amide bonds. The summed E-state index contributed by atoms with van der Waals surface area (Å²) in [6.07, 6.45) is 0. The zero-order valence-electron chi connectivity index (χ0n) is 12.5. The average Bonchev–Trinajstić information content (AvgIpc) is 2.62. The number of hydrogen-bond donors (Lipinski definition) is 0. The van der Waals surface area contributed by atoms with E-state index in [1.165, 1.54) is 0 Å². The van der Waals surface area contributed by atoms with Crippen molar-refractivity contribution in [3.63, 3.8) is 0 Å². The maximum atomic E-state index is 12.8. The number of nitrogens with zero attached hydrogens (tertiary/aromatic N) is 1. The molecule has 2 nitrogen and oxygen atoms in total. The zero-order chi connectivity index (χ0) is 15.6. The number of amides is 1. The third kappa shape index (κ3) is 2.25. The molecule has 3 aromatic carbocycles. The summed E-state index contributed by atoms with van der Waals surface area (Å²) in [6.45, 7) is 0. The molecule has 0 aromatic heterocycles. The first-order chi connectivity index (χ1) is 11.4. The number of para-hydroxylation sites is 1. The zero-order valence-corrected chi connectivity index (χ0v) is 12.5. The molecule has 0 saturated carbocycles. The Bertz CT molecular complexity index is 867. The molecule has 3 aromatic rings.